The van der Waals surface area contributed by atoms with Crippen LogP contribution in [0.5, 0.6) is 0 Å². The maximum atomic E-state index is 10.8. The van der Waals surface area contributed by atoms with Crippen LogP contribution < -0.4 is 11.1 Å². The molecule has 0 saturated carbocycles. The molecule has 0 aliphatic heterocycles. The van der Waals surface area contributed by atoms with E-state index in [9.17, 15) is 10.1 Å². The van der Waals surface area contributed by atoms with Crippen LogP contribution in [0.2, 0.25) is 0 Å². The van der Waals surface area contributed by atoms with Crippen molar-refractivity contribution >= 4 is 17.5 Å². The molecule has 0 aliphatic carbocycles. The maximum Gasteiger partial charge on any atom is 0.292 e. The first kappa shape index (κ1) is 12.2. The predicted molar refractivity (Wildman–Crippen MR) is 65.3 cm³/mol. The van der Waals surface area contributed by atoms with E-state index in [2.05, 4.69) is 11.9 Å². The third kappa shape index (κ3) is 3.06. The zero-order valence-corrected chi connectivity index (χ0v) is 8.98. The van der Waals surface area contributed by atoms with Crippen LogP contribution in [-0.4, -0.2) is 18.0 Å². The van der Waals surface area contributed by atoms with Crippen molar-refractivity contribution in [3.63, 3.8) is 0 Å². The molecule has 0 amide bonds. The lowest BCUT2D eigenvalue weighted by Crippen LogP contribution is -2.09. The minimum atomic E-state index is -0.405. The van der Waals surface area contributed by atoms with Crippen molar-refractivity contribution in [1.29, 1.82) is 0 Å². The van der Waals surface area contributed by atoms with Crippen LogP contribution in [0.3, 0.4) is 0 Å². The standard InChI is InChI=1S/C11H15N3O2/c1-2-9-4-5-10(13-7-3-6-12)11(8-9)14(15)16/h2,4-5,8,13H,1,3,6-7,12H2. The summed E-state index contributed by atoms with van der Waals surface area (Å²) in [5, 5.41) is 13.8. The Labute approximate surface area is 94.1 Å². The summed E-state index contributed by atoms with van der Waals surface area (Å²) in [5.41, 5.74) is 6.66. The maximum absolute atomic E-state index is 10.8. The number of anilines is 1. The zero-order chi connectivity index (χ0) is 12.0. The topological polar surface area (TPSA) is 81.2 Å². The van der Waals surface area contributed by atoms with Gasteiger partial charge in [0.15, 0.2) is 0 Å². The fourth-order valence-electron chi connectivity index (χ4n) is 1.30. The molecule has 0 bridgehead atoms. The summed E-state index contributed by atoms with van der Waals surface area (Å²) in [6, 6.07) is 4.97. The van der Waals surface area contributed by atoms with Crippen molar-refractivity contribution in [1.82, 2.24) is 0 Å². The van der Waals surface area contributed by atoms with E-state index in [0.29, 0.717) is 18.8 Å². The number of hydrogen-bond donors (Lipinski definition) is 2. The normalized spacial score (nSPS) is 9.81. The van der Waals surface area contributed by atoms with Gasteiger partial charge in [0.2, 0.25) is 0 Å². The molecule has 0 unspecified atom stereocenters. The molecule has 0 fully saturated rings. The quantitative estimate of drug-likeness (QED) is 0.437. The van der Waals surface area contributed by atoms with Crippen LogP contribution in [-0.2, 0) is 0 Å². The average molecular weight is 221 g/mol. The lowest BCUT2D eigenvalue weighted by molar-refractivity contribution is -0.384. The lowest BCUT2D eigenvalue weighted by Gasteiger charge is -2.06. The first-order valence-corrected chi connectivity index (χ1v) is 5.04. The Hall–Kier alpha value is -1.88. The summed E-state index contributed by atoms with van der Waals surface area (Å²) >= 11 is 0. The van der Waals surface area contributed by atoms with Gasteiger partial charge in [0.1, 0.15) is 5.69 Å². The van der Waals surface area contributed by atoms with Crippen molar-refractivity contribution in [3.05, 3.63) is 40.5 Å². The van der Waals surface area contributed by atoms with Gasteiger partial charge in [0.25, 0.3) is 5.69 Å². The zero-order valence-electron chi connectivity index (χ0n) is 8.98. The van der Waals surface area contributed by atoms with E-state index in [4.69, 9.17) is 5.73 Å². The predicted octanol–water partition coefficient (Wildman–Crippen LogP) is 2.00. The highest BCUT2D eigenvalue weighted by Crippen LogP contribution is 2.25. The Kier molecular flexibility index (Phi) is 4.47. The highest BCUT2D eigenvalue weighted by Gasteiger charge is 2.12. The van der Waals surface area contributed by atoms with E-state index in [1.165, 1.54) is 6.07 Å². The van der Waals surface area contributed by atoms with Crippen LogP contribution in [0.15, 0.2) is 24.8 Å². The largest absolute Gasteiger partial charge is 0.379 e. The molecule has 0 radical (unpaired) electrons. The summed E-state index contributed by atoms with van der Waals surface area (Å²) in [6.07, 6.45) is 2.36. The molecule has 0 aliphatic rings. The van der Waals surface area contributed by atoms with Crippen LogP contribution in [0.1, 0.15) is 12.0 Å². The second-order valence-corrected chi connectivity index (χ2v) is 3.31. The number of benzene rings is 1. The van der Waals surface area contributed by atoms with Crippen molar-refractivity contribution in [2.75, 3.05) is 18.4 Å². The molecule has 0 saturated heterocycles. The molecule has 5 heteroatoms. The molecule has 1 rings (SSSR count). The van der Waals surface area contributed by atoms with Gasteiger partial charge < -0.3 is 11.1 Å². The number of nitrogens with zero attached hydrogens (tertiary/aromatic N) is 1. The van der Waals surface area contributed by atoms with Crippen LogP contribution in [0.4, 0.5) is 11.4 Å². The summed E-state index contributed by atoms with van der Waals surface area (Å²) in [7, 11) is 0. The minimum absolute atomic E-state index is 0.0643. The van der Waals surface area contributed by atoms with E-state index in [0.717, 1.165) is 12.0 Å². The van der Waals surface area contributed by atoms with Gasteiger partial charge in [-0.1, -0.05) is 18.7 Å². The number of nitro groups is 1. The number of nitro benzene ring substituents is 1. The van der Waals surface area contributed by atoms with Gasteiger partial charge in [0, 0.05) is 12.6 Å². The molecule has 0 spiro atoms. The Morgan fingerprint density at radius 3 is 2.88 bits per heavy atom. The molecular formula is C11H15N3O2. The highest BCUT2D eigenvalue weighted by molar-refractivity contribution is 5.66. The first-order chi connectivity index (χ1) is 7.69. The Balaban J connectivity index is 2.89. The molecule has 3 N–H and O–H groups in total. The smallest absolute Gasteiger partial charge is 0.292 e. The van der Waals surface area contributed by atoms with Gasteiger partial charge in [-0.2, -0.15) is 0 Å². The average Bonchev–Trinajstić information content (AvgIpc) is 2.29. The lowest BCUT2D eigenvalue weighted by atomic mass is 10.1. The van der Waals surface area contributed by atoms with E-state index < -0.39 is 4.92 Å². The van der Waals surface area contributed by atoms with Gasteiger partial charge in [-0.25, -0.2) is 0 Å². The van der Waals surface area contributed by atoms with Crippen LogP contribution in [0, 0.1) is 10.1 Å². The molecule has 86 valence electrons. The first-order valence-electron chi connectivity index (χ1n) is 5.04. The van der Waals surface area contributed by atoms with Crippen molar-refractivity contribution in [3.8, 4) is 0 Å². The van der Waals surface area contributed by atoms with Gasteiger partial charge in [-0.3, -0.25) is 10.1 Å². The Morgan fingerprint density at radius 2 is 2.31 bits per heavy atom. The fourth-order valence-corrected chi connectivity index (χ4v) is 1.30. The monoisotopic (exact) mass is 221 g/mol. The van der Waals surface area contributed by atoms with Gasteiger partial charge >= 0.3 is 0 Å². The molecule has 1 aromatic rings. The van der Waals surface area contributed by atoms with Crippen LogP contribution in [0.25, 0.3) is 6.08 Å². The van der Waals surface area contributed by atoms with Gasteiger partial charge in [-0.15, -0.1) is 0 Å². The van der Waals surface area contributed by atoms with Crippen molar-refractivity contribution < 1.29 is 4.92 Å². The van der Waals surface area contributed by atoms with E-state index in [-0.39, 0.29) is 5.69 Å². The van der Waals surface area contributed by atoms with E-state index in [1.807, 2.05) is 0 Å². The van der Waals surface area contributed by atoms with Gasteiger partial charge in [0.05, 0.1) is 4.92 Å². The third-order valence-corrected chi connectivity index (χ3v) is 2.15. The second-order valence-electron chi connectivity index (χ2n) is 3.31. The minimum Gasteiger partial charge on any atom is -0.379 e. The third-order valence-electron chi connectivity index (χ3n) is 2.15. The molecule has 5 nitrogen and oxygen atoms in total. The Morgan fingerprint density at radius 1 is 1.56 bits per heavy atom. The Bertz CT molecular complexity index is 391. The molecular weight excluding hydrogens is 206 g/mol. The van der Waals surface area contributed by atoms with E-state index in [1.54, 1.807) is 18.2 Å². The van der Waals surface area contributed by atoms with Crippen molar-refractivity contribution in [2.24, 2.45) is 5.73 Å². The molecule has 16 heavy (non-hydrogen) atoms. The number of rotatable bonds is 6. The summed E-state index contributed by atoms with van der Waals surface area (Å²) in [5.74, 6) is 0. The van der Waals surface area contributed by atoms with Crippen molar-refractivity contribution in [2.45, 2.75) is 6.42 Å². The highest BCUT2D eigenvalue weighted by atomic mass is 16.6. The van der Waals surface area contributed by atoms with Crippen LogP contribution >= 0.6 is 0 Å². The number of nitrogens with two attached hydrogens (primary N) is 1. The molecule has 0 heterocycles. The second kappa shape index (κ2) is 5.87. The molecule has 0 atom stereocenters. The van der Waals surface area contributed by atoms with Gasteiger partial charge in [-0.05, 0) is 24.6 Å². The summed E-state index contributed by atoms with van der Waals surface area (Å²) in [6.45, 7) is 4.77. The number of hydrogen-bond acceptors (Lipinski definition) is 4. The summed E-state index contributed by atoms with van der Waals surface area (Å²) in [4.78, 5) is 10.4. The van der Waals surface area contributed by atoms with E-state index >= 15 is 0 Å². The fraction of sp³-hybridized carbons (Fsp3) is 0.273. The SMILES string of the molecule is C=Cc1ccc(NCCCN)c([N+](=O)[O-])c1. The molecule has 1 aromatic carbocycles. The molecule has 0 aromatic heterocycles. The number of nitrogens with one attached hydrogen (secondary N) is 1. The summed E-state index contributed by atoms with van der Waals surface area (Å²) < 4.78 is 0.